The minimum absolute atomic E-state index is 0.0299. The van der Waals surface area contributed by atoms with Gasteiger partial charge in [0.15, 0.2) is 0 Å². The molecule has 0 bridgehead atoms. The summed E-state index contributed by atoms with van der Waals surface area (Å²) >= 11 is 0. The van der Waals surface area contributed by atoms with E-state index in [1.165, 1.54) is 43.4 Å². The van der Waals surface area contributed by atoms with Gasteiger partial charge in [-0.2, -0.15) is 0 Å². The Morgan fingerprint density at radius 3 is 1.88 bits per heavy atom. The molecule has 0 aliphatic carbocycles. The summed E-state index contributed by atoms with van der Waals surface area (Å²) < 4.78 is 10.6. The van der Waals surface area contributed by atoms with Crippen LogP contribution in [0.4, 0.5) is 4.79 Å². The highest BCUT2D eigenvalue weighted by molar-refractivity contribution is 5.81. The van der Waals surface area contributed by atoms with Crippen LogP contribution in [0.2, 0.25) is 0 Å². The quantitative estimate of drug-likeness (QED) is 0.302. The number of hydrogen-bond acceptors (Lipinski definition) is 4. The van der Waals surface area contributed by atoms with Crippen molar-refractivity contribution >= 4 is 12.1 Å². The van der Waals surface area contributed by atoms with Gasteiger partial charge in [0, 0.05) is 7.05 Å². The van der Waals surface area contributed by atoms with Crippen molar-refractivity contribution in [3.05, 3.63) is 0 Å². The second-order valence-electron chi connectivity index (χ2n) is 7.91. The molecule has 0 heterocycles. The Morgan fingerprint density at radius 2 is 1.38 bits per heavy atom. The number of hydrogen-bond donors (Lipinski definition) is 0. The van der Waals surface area contributed by atoms with Crippen LogP contribution in [-0.4, -0.2) is 43.3 Å². The van der Waals surface area contributed by atoms with Crippen LogP contribution in [0.1, 0.15) is 86.0 Å². The highest BCUT2D eigenvalue weighted by Crippen LogP contribution is 2.14. The Bertz CT molecular complexity index is 382. The standard InChI is InChI=1S/C21H41NO4/c1-7-8-9-10-11-12-13-14-15-25-20(23)19(18(4)5)22(6)21(24)26-16-17(2)3/h17-19H,7-16H2,1-6H3. The first-order chi connectivity index (χ1) is 12.3. The molecule has 0 fully saturated rings. The molecule has 0 spiro atoms. The second kappa shape index (κ2) is 14.9. The van der Waals surface area contributed by atoms with E-state index < -0.39 is 12.1 Å². The average Bonchev–Trinajstić information content (AvgIpc) is 2.57. The van der Waals surface area contributed by atoms with Gasteiger partial charge in [-0.25, -0.2) is 9.59 Å². The van der Waals surface area contributed by atoms with Crippen molar-refractivity contribution in [2.45, 2.75) is 92.0 Å². The molecule has 0 aliphatic heterocycles. The zero-order chi connectivity index (χ0) is 19.9. The Labute approximate surface area is 160 Å². The van der Waals surface area contributed by atoms with Crippen molar-refractivity contribution < 1.29 is 19.1 Å². The van der Waals surface area contributed by atoms with E-state index in [-0.39, 0.29) is 17.8 Å². The molecular weight excluding hydrogens is 330 g/mol. The Hall–Kier alpha value is -1.26. The number of nitrogens with zero attached hydrogens (tertiary/aromatic N) is 1. The summed E-state index contributed by atoms with van der Waals surface area (Å²) in [5.41, 5.74) is 0. The summed E-state index contributed by atoms with van der Waals surface area (Å²) in [4.78, 5) is 25.9. The van der Waals surface area contributed by atoms with Crippen LogP contribution in [0, 0.1) is 11.8 Å². The summed E-state index contributed by atoms with van der Waals surface area (Å²) in [7, 11) is 1.60. The van der Waals surface area contributed by atoms with E-state index in [0.29, 0.717) is 13.2 Å². The Balaban J connectivity index is 4.13. The number of amides is 1. The molecule has 5 heteroatoms. The van der Waals surface area contributed by atoms with Gasteiger partial charge in [-0.15, -0.1) is 0 Å². The topological polar surface area (TPSA) is 55.8 Å². The maximum absolute atomic E-state index is 12.4. The summed E-state index contributed by atoms with van der Waals surface area (Å²) in [5.74, 6) is -0.108. The molecular formula is C21H41NO4. The molecule has 0 N–H and O–H groups in total. The number of carbonyl (C=O) groups excluding carboxylic acids is 2. The van der Waals surface area contributed by atoms with Crippen molar-refractivity contribution in [2.75, 3.05) is 20.3 Å². The van der Waals surface area contributed by atoms with Crippen LogP contribution < -0.4 is 0 Å². The van der Waals surface area contributed by atoms with E-state index in [4.69, 9.17) is 9.47 Å². The molecule has 0 aromatic carbocycles. The lowest BCUT2D eigenvalue weighted by atomic mass is 10.0. The van der Waals surface area contributed by atoms with Gasteiger partial charge in [-0.1, -0.05) is 79.6 Å². The molecule has 0 saturated heterocycles. The van der Waals surface area contributed by atoms with Gasteiger partial charge >= 0.3 is 12.1 Å². The fraction of sp³-hybridized carbons (Fsp3) is 0.905. The molecule has 0 aliphatic rings. The molecule has 5 nitrogen and oxygen atoms in total. The number of carbonyl (C=O) groups is 2. The summed E-state index contributed by atoms with van der Waals surface area (Å²) in [6, 6.07) is -0.608. The van der Waals surface area contributed by atoms with Crippen molar-refractivity contribution in [1.82, 2.24) is 4.90 Å². The number of likely N-dealkylation sites (N-methyl/N-ethyl adjacent to an activating group) is 1. The molecule has 1 unspecified atom stereocenters. The van der Waals surface area contributed by atoms with E-state index in [9.17, 15) is 9.59 Å². The molecule has 0 aromatic heterocycles. The smallest absolute Gasteiger partial charge is 0.410 e. The minimum atomic E-state index is -0.608. The van der Waals surface area contributed by atoms with Gasteiger partial charge in [0.05, 0.1) is 13.2 Å². The third-order valence-electron chi connectivity index (χ3n) is 4.36. The molecule has 1 amide bonds. The van der Waals surface area contributed by atoms with Gasteiger partial charge in [-0.3, -0.25) is 4.90 Å². The SMILES string of the molecule is CCCCCCCCCCOC(=O)C(C(C)C)N(C)C(=O)OCC(C)C. The zero-order valence-corrected chi connectivity index (χ0v) is 17.9. The summed E-state index contributed by atoms with van der Waals surface area (Å²) in [6.45, 7) is 10.8. The molecule has 0 saturated carbocycles. The van der Waals surface area contributed by atoms with Gasteiger partial charge in [0.25, 0.3) is 0 Å². The van der Waals surface area contributed by atoms with Crippen LogP contribution in [0.15, 0.2) is 0 Å². The van der Waals surface area contributed by atoms with E-state index >= 15 is 0 Å². The van der Waals surface area contributed by atoms with Gasteiger partial charge in [-0.05, 0) is 18.3 Å². The first-order valence-corrected chi connectivity index (χ1v) is 10.4. The first kappa shape index (κ1) is 24.7. The molecule has 0 aromatic rings. The maximum atomic E-state index is 12.4. The average molecular weight is 372 g/mol. The molecule has 0 radical (unpaired) electrons. The van der Waals surface area contributed by atoms with Crippen LogP contribution in [0.3, 0.4) is 0 Å². The Kier molecular flexibility index (Phi) is 14.1. The Morgan fingerprint density at radius 1 is 0.846 bits per heavy atom. The van der Waals surface area contributed by atoms with Gasteiger partial charge in [0.2, 0.25) is 0 Å². The van der Waals surface area contributed by atoms with Crippen LogP contribution in [0.25, 0.3) is 0 Å². The number of ether oxygens (including phenoxy) is 2. The van der Waals surface area contributed by atoms with Crippen molar-refractivity contribution in [2.24, 2.45) is 11.8 Å². The minimum Gasteiger partial charge on any atom is -0.464 e. The van der Waals surface area contributed by atoms with E-state index in [0.717, 1.165) is 12.8 Å². The third kappa shape index (κ3) is 11.4. The highest BCUT2D eigenvalue weighted by atomic mass is 16.6. The van der Waals surface area contributed by atoms with Crippen molar-refractivity contribution in [3.63, 3.8) is 0 Å². The van der Waals surface area contributed by atoms with Crippen molar-refractivity contribution in [1.29, 1.82) is 0 Å². The fourth-order valence-electron chi connectivity index (χ4n) is 2.82. The zero-order valence-electron chi connectivity index (χ0n) is 17.9. The third-order valence-corrected chi connectivity index (χ3v) is 4.36. The monoisotopic (exact) mass is 371 g/mol. The van der Waals surface area contributed by atoms with Gasteiger partial charge in [0.1, 0.15) is 6.04 Å². The van der Waals surface area contributed by atoms with Gasteiger partial charge < -0.3 is 9.47 Å². The lowest BCUT2D eigenvalue weighted by molar-refractivity contribution is -0.150. The normalized spacial score (nSPS) is 12.3. The molecule has 154 valence electrons. The predicted molar refractivity (Wildman–Crippen MR) is 106 cm³/mol. The summed E-state index contributed by atoms with van der Waals surface area (Å²) in [6.07, 6.45) is 9.15. The van der Waals surface area contributed by atoms with E-state index in [2.05, 4.69) is 6.92 Å². The maximum Gasteiger partial charge on any atom is 0.410 e. The predicted octanol–water partition coefficient (Wildman–Crippen LogP) is 5.42. The second-order valence-corrected chi connectivity index (χ2v) is 7.91. The number of rotatable bonds is 14. The molecule has 26 heavy (non-hydrogen) atoms. The lowest BCUT2D eigenvalue weighted by Gasteiger charge is -2.29. The number of unbranched alkanes of at least 4 members (excludes halogenated alkanes) is 7. The van der Waals surface area contributed by atoms with Crippen LogP contribution >= 0.6 is 0 Å². The first-order valence-electron chi connectivity index (χ1n) is 10.4. The largest absolute Gasteiger partial charge is 0.464 e. The molecule has 1 atom stereocenters. The highest BCUT2D eigenvalue weighted by Gasteiger charge is 2.32. The summed E-state index contributed by atoms with van der Waals surface area (Å²) in [5, 5.41) is 0. The fourth-order valence-corrected chi connectivity index (χ4v) is 2.82. The van der Waals surface area contributed by atoms with Crippen LogP contribution in [-0.2, 0) is 14.3 Å². The lowest BCUT2D eigenvalue weighted by Crippen LogP contribution is -2.47. The van der Waals surface area contributed by atoms with E-state index in [1.54, 1.807) is 7.05 Å². The molecule has 0 rings (SSSR count). The van der Waals surface area contributed by atoms with E-state index in [1.807, 2.05) is 27.7 Å². The van der Waals surface area contributed by atoms with Crippen molar-refractivity contribution in [3.8, 4) is 0 Å². The number of esters is 1. The van der Waals surface area contributed by atoms with Crippen LogP contribution in [0.5, 0.6) is 0 Å².